The van der Waals surface area contributed by atoms with Gasteiger partial charge in [0, 0.05) is 23.7 Å². The van der Waals surface area contributed by atoms with Crippen LogP contribution >= 0.6 is 11.3 Å². The Labute approximate surface area is 145 Å². The van der Waals surface area contributed by atoms with E-state index in [4.69, 9.17) is 0 Å². The zero-order chi connectivity index (χ0) is 16.8. The molecule has 1 atom stereocenters. The van der Waals surface area contributed by atoms with Gasteiger partial charge in [-0.2, -0.15) is 5.10 Å². The molecule has 0 spiro atoms. The maximum atomic E-state index is 12.4. The Hall–Kier alpha value is -2.47. The van der Waals surface area contributed by atoms with Gasteiger partial charge in [-0.1, -0.05) is 30.3 Å². The molecule has 1 N–H and O–H groups in total. The van der Waals surface area contributed by atoms with Gasteiger partial charge in [-0.3, -0.25) is 9.48 Å². The van der Waals surface area contributed by atoms with E-state index in [1.54, 1.807) is 17.5 Å². The number of amides is 1. The molecule has 3 rings (SSSR count). The highest BCUT2D eigenvalue weighted by molar-refractivity contribution is 7.09. The summed E-state index contributed by atoms with van der Waals surface area (Å²) in [6.45, 7) is 2.59. The first-order valence-electron chi connectivity index (χ1n) is 7.93. The fourth-order valence-corrected chi connectivity index (χ4v) is 3.36. The molecule has 3 aromatic rings. The number of hydrogen-bond donors (Lipinski definition) is 1. The first kappa shape index (κ1) is 16.4. The summed E-state index contributed by atoms with van der Waals surface area (Å²) in [5.41, 5.74) is 3.92. The van der Waals surface area contributed by atoms with Crippen LogP contribution in [0.3, 0.4) is 0 Å². The zero-order valence-electron chi connectivity index (χ0n) is 13.6. The topological polar surface area (TPSA) is 59.8 Å². The minimum absolute atomic E-state index is 0.0452. The summed E-state index contributed by atoms with van der Waals surface area (Å²) < 4.78 is 1.84. The molecule has 1 amide bonds. The van der Waals surface area contributed by atoms with Gasteiger partial charge in [0.15, 0.2) is 0 Å². The summed E-state index contributed by atoms with van der Waals surface area (Å²) in [5.74, 6) is 0.0452. The fraction of sp³-hybridized carbons (Fsp3) is 0.278. The lowest BCUT2D eigenvalue weighted by atomic mass is 10.1. The molecule has 0 unspecified atom stereocenters. The Kier molecular flexibility index (Phi) is 5.38. The second-order valence-corrected chi connectivity index (χ2v) is 6.56. The predicted molar refractivity (Wildman–Crippen MR) is 94.7 cm³/mol. The summed E-state index contributed by atoms with van der Waals surface area (Å²) in [5, 5.41) is 7.38. The van der Waals surface area contributed by atoms with E-state index in [-0.39, 0.29) is 11.9 Å². The fourth-order valence-electron chi connectivity index (χ4n) is 2.57. The van der Waals surface area contributed by atoms with Gasteiger partial charge in [0.05, 0.1) is 23.8 Å². The monoisotopic (exact) mass is 340 g/mol. The molecule has 0 saturated heterocycles. The van der Waals surface area contributed by atoms with Gasteiger partial charge in [-0.15, -0.1) is 11.3 Å². The average molecular weight is 340 g/mol. The number of aryl methyl sites for hydroxylation is 2. The summed E-state index contributed by atoms with van der Waals surface area (Å²) >= 11 is 1.61. The molecule has 0 aliphatic rings. The van der Waals surface area contributed by atoms with Crippen LogP contribution in [0.2, 0.25) is 0 Å². The highest BCUT2D eigenvalue weighted by atomic mass is 32.1. The highest BCUT2D eigenvalue weighted by Gasteiger charge is 2.16. The van der Waals surface area contributed by atoms with Crippen molar-refractivity contribution < 1.29 is 4.79 Å². The molecule has 5 nitrogen and oxygen atoms in total. The molecule has 1 aromatic carbocycles. The van der Waals surface area contributed by atoms with Crippen molar-refractivity contribution in [2.75, 3.05) is 0 Å². The molecule has 24 heavy (non-hydrogen) atoms. The molecule has 0 radical (unpaired) electrons. The second kappa shape index (κ2) is 7.88. The molecule has 6 heteroatoms. The van der Waals surface area contributed by atoms with Gasteiger partial charge < -0.3 is 5.32 Å². The van der Waals surface area contributed by atoms with Crippen molar-refractivity contribution in [1.82, 2.24) is 20.1 Å². The molecule has 0 saturated carbocycles. The van der Waals surface area contributed by atoms with E-state index in [0.717, 1.165) is 17.7 Å². The molecular weight excluding hydrogens is 320 g/mol. The first-order valence-corrected chi connectivity index (χ1v) is 8.81. The molecule has 0 aliphatic carbocycles. The summed E-state index contributed by atoms with van der Waals surface area (Å²) in [6, 6.07) is 11.8. The quantitative estimate of drug-likeness (QED) is 0.719. The second-order valence-electron chi connectivity index (χ2n) is 5.62. The number of rotatable bonds is 7. The van der Waals surface area contributed by atoms with Crippen LogP contribution in [-0.2, 0) is 17.8 Å². The molecule has 2 aromatic heterocycles. The lowest BCUT2D eigenvalue weighted by Gasteiger charge is -2.19. The van der Waals surface area contributed by atoms with Crippen molar-refractivity contribution in [2.24, 2.45) is 0 Å². The normalized spacial score (nSPS) is 12.0. The van der Waals surface area contributed by atoms with Crippen molar-refractivity contribution >= 4 is 17.2 Å². The van der Waals surface area contributed by atoms with E-state index in [1.807, 2.05) is 59.7 Å². The molecule has 0 fully saturated rings. The largest absolute Gasteiger partial charge is 0.347 e. The van der Waals surface area contributed by atoms with Crippen LogP contribution in [-0.4, -0.2) is 20.7 Å². The number of benzene rings is 1. The maximum absolute atomic E-state index is 12.4. The molecule has 0 aliphatic heterocycles. The van der Waals surface area contributed by atoms with E-state index in [9.17, 15) is 4.79 Å². The third-order valence-electron chi connectivity index (χ3n) is 3.89. The van der Waals surface area contributed by atoms with Crippen molar-refractivity contribution in [3.63, 3.8) is 0 Å². The number of hydrogen-bond acceptors (Lipinski definition) is 4. The predicted octanol–water partition coefficient (Wildman–Crippen LogP) is 3.14. The Balaban J connectivity index is 1.64. The molecule has 0 bridgehead atoms. The van der Waals surface area contributed by atoms with E-state index >= 15 is 0 Å². The smallest absolute Gasteiger partial charge is 0.220 e. The van der Waals surface area contributed by atoms with Crippen LogP contribution in [0.15, 0.2) is 54.3 Å². The van der Waals surface area contributed by atoms with E-state index in [2.05, 4.69) is 15.4 Å². The molecular formula is C18H20N4OS. The minimum atomic E-state index is -0.0962. The number of carbonyl (C=O) groups is 1. The third-order valence-corrected chi connectivity index (χ3v) is 4.88. The average Bonchev–Trinajstić information content (AvgIpc) is 3.25. The standard InChI is InChI=1S/C18H20N4OS/c1-14-17(24-13-19-14)8-9-18(23)21-16(12-22-11-5-10-20-22)15-6-3-2-4-7-15/h2-7,10-11,13,16H,8-9,12H2,1H3,(H,21,23)/t16-/m0/s1. The van der Waals surface area contributed by atoms with Gasteiger partial charge in [-0.25, -0.2) is 4.98 Å². The number of carbonyl (C=O) groups excluding carboxylic acids is 1. The number of aromatic nitrogens is 3. The van der Waals surface area contributed by atoms with Crippen LogP contribution in [0.25, 0.3) is 0 Å². The van der Waals surface area contributed by atoms with Gasteiger partial charge in [0.1, 0.15) is 0 Å². The Morgan fingerprint density at radius 2 is 2.12 bits per heavy atom. The van der Waals surface area contributed by atoms with Crippen LogP contribution in [0.5, 0.6) is 0 Å². The first-order chi connectivity index (χ1) is 11.7. The number of nitrogens with one attached hydrogen (secondary N) is 1. The van der Waals surface area contributed by atoms with Crippen LogP contribution < -0.4 is 5.32 Å². The summed E-state index contributed by atoms with van der Waals surface area (Å²) in [4.78, 5) is 17.8. The molecule has 124 valence electrons. The Morgan fingerprint density at radius 1 is 1.29 bits per heavy atom. The van der Waals surface area contributed by atoms with E-state index in [0.29, 0.717) is 13.0 Å². The van der Waals surface area contributed by atoms with Crippen molar-refractivity contribution in [2.45, 2.75) is 32.4 Å². The Morgan fingerprint density at radius 3 is 2.79 bits per heavy atom. The Bertz CT molecular complexity index is 767. The number of thiazole rings is 1. The van der Waals surface area contributed by atoms with Gasteiger partial charge >= 0.3 is 0 Å². The van der Waals surface area contributed by atoms with Crippen molar-refractivity contribution in [3.8, 4) is 0 Å². The molecule has 2 heterocycles. The van der Waals surface area contributed by atoms with Crippen molar-refractivity contribution in [3.05, 3.63) is 70.4 Å². The summed E-state index contributed by atoms with van der Waals surface area (Å²) in [7, 11) is 0. The minimum Gasteiger partial charge on any atom is -0.347 e. The van der Waals surface area contributed by atoms with Gasteiger partial charge in [-0.05, 0) is 25.0 Å². The lowest BCUT2D eigenvalue weighted by molar-refractivity contribution is -0.121. The van der Waals surface area contributed by atoms with Gasteiger partial charge in [0.25, 0.3) is 0 Å². The SMILES string of the molecule is Cc1ncsc1CCC(=O)N[C@@H](Cn1cccn1)c1ccccc1. The third kappa shape index (κ3) is 4.29. The highest BCUT2D eigenvalue weighted by Crippen LogP contribution is 2.17. The van der Waals surface area contributed by atoms with Crippen LogP contribution in [0.4, 0.5) is 0 Å². The zero-order valence-corrected chi connectivity index (χ0v) is 14.4. The van der Waals surface area contributed by atoms with E-state index < -0.39 is 0 Å². The van der Waals surface area contributed by atoms with Crippen molar-refractivity contribution in [1.29, 1.82) is 0 Å². The maximum Gasteiger partial charge on any atom is 0.220 e. The van der Waals surface area contributed by atoms with Crippen LogP contribution in [0.1, 0.15) is 28.6 Å². The van der Waals surface area contributed by atoms with Crippen LogP contribution in [0, 0.1) is 6.92 Å². The van der Waals surface area contributed by atoms with Gasteiger partial charge in [0.2, 0.25) is 5.91 Å². The van der Waals surface area contributed by atoms with E-state index in [1.165, 1.54) is 4.88 Å². The lowest BCUT2D eigenvalue weighted by Crippen LogP contribution is -2.31. The number of nitrogens with zero attached hydrogens (tertiary/aromatic N) is 3. The summed E-state index contributed by atoms with van der Waals surface area (Å²) in [6.07, 6.45) is 4.84.